The first-order chi connectivity index (χ1) is 13.0. The maximum Gasteiger partial charge on any atom is 0.416 e. The monoisotopic (exact) mass is 407 g/mol. The summed E-state index contributed by atoms with van der Waals surface area (Å²) in [6.07, 6.45) is -10.0. The Bertz CT molecular complexity index is 801. The lowest BCUT2D eigenvalue weighted by Crippen LogP contribution is -2.28. The summed E-state index contributed by atoms with van der Waals surface area (Å²) in [5.41, 5.74) is -3.87. The molecule has 0 radical (unpaired) electrons. The van der Waals surface area contributed by atoms with Gasteiger partial charge in [-0.05, 0) is 30.3 Å². The van der Waals surface area contributed by atoms with Crippen molar-refractivity contribution in [1.82, 2.24) is 5.32 Å². The molecule has 10 heteroatoms. The lowest BCUT2D eigenvalue weighted by Gasteiger charge is -2.14. The van der Waals surface area contributed by atoms with Crippen LogP contribution in [0.4, 0.5) is 26.3 Å². The van der Waals surface area contributed by atoms with Crippen molar-refractivity contribution >= 4 is 5.91 Å². The molecule has 28 heavy (non-hydrogen) atoms. The van der Waals surface area contributed by atoms with E-state index in [1.54, 1.807) is 24.3 Å². The number of carbonyl (C=O) groups excluding carboxylic acids is 1. The van der Waals surface area contributed by atoms with Gasteiger partial charge in [0.1, 0.15) is 6.61 Å². The highest BCUT2D eigenvalue weighted by molar-refractivity contribution is 5.94. The van der Waals surface area contributed by atoms with Gasteiger partial charge in [-0.25, -0.2) is 0 Å². The van der Waals surface area contributed by atoms with Gasteiger partial charge in [0, 0.05) is 5.56 Å². The maximum absolute atomic E-state index is 12.8. The van der Waals surface area contributed by atoms with Crippen LogP contribution in [0.15, 0.2) is 42.5 Å². The topological polar surface area (TPSA) is 47.6 Å². The van der Waals surface area contributed by atoms with Crippen LogP contribution in [0, 0.1) is 0 Å². The van der Waals surface area contributed by atoms with Crippen molar-refractivity contribution < 1.29 is 40.6 Å². The number of carbonyl (C=O) groups is 1. The molecule has 0 saturated carbocycles. The highest BCUT2D eigenvalue weighted by Gasteiger charge is 2.37. The van der Waals surface area contributed by atoms with E-state index in [4.69, 9.17) is 9.47 Å². The van der Waals surface area contributed by atoms with Crippen molar-refractivity contribution in [3.05, 3.63) is 59.2 Å². The Morgan fingerprint density at radius 2 is 1.46 bits per heavy atom. The molecule has 4 nitrogen and oxygen atoms in total. The van der Waals surface area contributed by atoms with E-state index in [0.717, 1.165) is 0 Å². The van der Waals surface area contributed by atoms with Gasteiger partial charge in [0.15, 0.2) is 11.5 Å². The average molecular weight is 407 g/mol. The smallest absolute Gasteiger partial charge is 0.416 e. The first kappa shape index (κ1) is 21.4. The summed E-state index contributed by atoms with van der Waals surface area (Å²) in [4.78, 5) is 12.0. The maximum atomic E-state index is 12.8. The predicted molar refractivity (Wildman–Crippen MR) is 87.3 cm³/mol. The Labute approximate surface area is 156 Å². The molecule has 2 aromatic rings. The van der Waals surface area contributed by atoms with Crippen molar-refractivity contribution in [3.63, 3.8) is 0 Å². The van der Waals surface area contributed by atoms with Crippen molar-refractivity contribution in [1.29, 1.82) is 0 Å². The Kier molecular flexibility index (Phi) is 6.42. The number of nitrogens with one attached hydrogen (secondary N) is 1. The lowest BCUT2D eigenvalue weighted by molar-refractivity contribution is -0.143. The van der Waals surface area contributed by atoms with Crippen LogP contribution in [0.25, 0.3) is 0 Å². The van der Waals surface area contributed by atoms with E-state index >= 15 is 0 Å². The Balaban J connectivity index is 2.07. The number of rotatable bonds is 6. The fraction of sp³-hybridized carbons (Fsp3) is 0.278. The number of amides is 1. The fourth-order valence-corrected chi connectivity index (χ4v) is 2.25. The first-order valence-corrected chi connectivity index (χ1v) is 7.86. The molecule has 0 bridgehead atoms. The van der Waals surface area contributed by atoms with Crippen molar-refractivity contribution in [2.45, 2.75) is 12.4 Å². The number of hydrogen-bond donors (Lipinski definition) is 1. The Morgan fingerprint density at radius 3 is 1.96 bits per heavy atom. The molecule has 0 unspecified atom stereocenters. The van der Waals surface area contributed by atoms with Crippen molar-refractivity contribution in [2.24, 2.45) is 0 Å². The van der Waals surface area contributed by atoms with E-state index in [2.05, 4.69) is 5.32 Å². The highest BCUT2D eigenvalue weighted by atomic mass is 19.4. The van der Waals surface area contributed by atoms with E-state index in [1.807, 2.05) is 0 Å². The number of methoxy groups -OCH3 is 1. The molecule has 0 aliphatic carbocycles. The van der Waals surface area contributed by atoms with Crippen molar-refractivity contribution in [2.75, 3.05) is 20.3 Å². The molecule has 2 rings (SSSR count). The minimum absolute atomic E-state index is 0.0401. The van der Waals surface area contributed by atoms with Gasteiger partial charge in [0.25, 0.3) is 5.91 Å². The van der Waals surface area contributed by atoms with Gasteiger partial charge in [0.2, 0.25) is 0 Å². The number of halogens is 6. The minimum Gasteiger partial charge on any atom is -0.493 e. The first-order valence-electron chi connectivity index (χ1n) is 7.86. The summed E-state index contributed by atoms with van der Waals surface area (Å²) in [6.45, 7) is -0.217. The second-order valence-electron chi connectivity index (χ2n) is 5.55. The zero-order valence-corrected chi connectivity index (χ0v) is 14.4. The molecule has 0 fully saturated rings. The second kappa shape index (κ2) is 8.41. The van der Waals surface area contributed by atoms with Crippen LogP contribution < -0.4 is 14.8 Å². The third kappa shape index (κ3) is 5.54. The molecule has 0 aliphatic heterocycles. The third-order valence-corrected chi connectivity index (χ3v) is 3.56. The number of para-hydroxylation sites is 2. The molecule has 0 aliphatic rings. The number of benzene rings is 2. The zero-order valence-electron chi connectivity index (χ0n) is 14.4. The van der Waals surface area contributed by atoms with E-state index < -0.39 is 35.0 Å². The molecular weight excluding hydrogens is 392 g/mol. The quantitative estimate of drug-likeness (QED) is 0.565. The van der Waals surface area contributed by atoms with Crippen molar-refractivity contribution in [3.8, 4) is 11.5 Å². The molecular formula is C18H15F6NO3. The summed E-state index contributed by atoms with van der Waals surface area (Å²) in [5, 5.41) is 2.22. The molecule has 0 atom stereocenters. The van der Waals surface area contributed by atoms with Crippen LogP contribution in [0.5, 0.6) is 11.5 Å². The lowest BCUT2D eigenvalue weighted by atomic mass is 10.0. The number of ether oxygens (including phenoxy) is 2. The fourth-order valence-electron chi connectivity index (χ4n) is 2.25. The number of hydrogen-bond acceptors (Lipinski definition) is 3. The largest absolute Gasteiger partial charge is 0.493 e. The minimum atomic E-state index is -5.02. The number of alkyl halides is 6. The second-order valence-corrected chi connectivity index (χ2v) is 5.55. The van der Waals surface area contributed by atoms with Gasteiger partial charge >= 0.3 is 12.4 Å². The predicted octanol–water partition coefficient (Wildman–Crippen LogP) is 4.54. The van der Waals surface area contributed by atoms with E-state index in [9.17, 15) is 31.1 Å². The van der Waals surface area contributed by atoms with Crippen LogP contribution in [0.1, 0.15) is 21.5 Å². The van der Waals surface area contributed by atoms with E-state index in [-0.39, 0.29) is 19.2 Å². The summed E-state index contributed by atoms with van der Waals surface area (Å²) < 4.78 is 87.4. The summed E-state index contributed by atoms with van der Waals surface area (Å²) in [7, 11) is 1.43. The summed E-state index contributed by atoms with van der Waals surface area (Å²) in [5.74, 6) is -0.278. The third-order valence-electron chi connectivity index (χ3n) is 3.56. The molecule has 0 saturated heterocycles. The Hall–Kier alpha value is -2.91. The van der Waals surface area contributed by atoms with Crippen LogP contribution in [0.2, 0.25) is 0 Å². The van der Waals surface area contributed by atoms with E-state index in [1.165, 1.54) is 7.11 Å². The molecule has 1 N–H and O–H groups in total. The molecule has 152 valence electrons. The van der Waals surface area contributed by atoms with Crippen LogP contribution in [0.3, 0.4) is 0 Å². The van der Waals surface area contributed by atoms with Gasteiger partial charge in [-0.1, -0.05) is 12.1 Å². The van der Waals surface area contributed by atoms with Crippen LogP contribution in [-0.2, 0) is 12.4 Å². The van der Waals surface area contributed by atoms with Crippen LogP contribution in [-0.4, -0.2) is 26.2 Å². The Morgan fingerprint density at radius 1 is 0.929 bits per heavy atom. The molecule has 0 aromatic heterocycles. The molecule has 1 amide bonds. The van der Waals surface area contributed by atoms with Gasteiger partial charge in [-0.15, -0.1) is 0 Å². The van der Waals surface area contributed by atoms with Gasteiger partial charge in [0.05, 0.1) is 24.8 Å². The normalized spacial score (nSPS) is 11.8. The average Bonchev–Trinajstić information content (AvgIpc) is 2.63. The van der Waals surface area contributed by atoms with E-state index in [0.29, 0.717) is 23.6 Å². The molecule has 2 aromatic carbocycles. The highest BCUT2D eigenvalue weighted by Crippen LogP contribution is 2.36. The summed E-state index contributed by atoms with van der Waals surface area (Å²) in [6, 6.07) is 7.31. The SMILES string of the molecule is COc1ccccc1OCCNC(=O)c1cc(C(F)(F)F)cc(C(F)(F)F)c1. The summed E-state index contributed by atoms with van der Waals surface area (Å²) >= 11 is 0. The molecule has 0 spiro atoms. The zero-order chi connectivity index (χ0) is 20.9. The standard InChI is InChI=1S/C18H15F6NO3/c1-27-14-4-2-3-5-15(14)28-7-6-25-16(26)11-8-12(17(19,20)21)10-13(9-11)18(22,23)24/h2-5,8-10H,6-7H2,1H3,(H,25,26). The van der Waals surface area contributed by atoms with Crippen LogP contribution >= 0.6 is 0 Å². The molecule has 0 heterocycles. The van der Waals surface area contributed by atoms with Gasteiger partial charge in [-0.3, -0.25) is 4.79 Å². The van der Waals surface area contributed by atoms with Gasteiger partial charge in [-0.2, -0.15) is 26.3 Å². The van der Waals surface area contributed by atoms with Gasteiger partial charge < -0.3 is 14.8 Å².